The third-order valence-corrected chi connectivity index (χ3v) is 7.65. The molecule has 1 N–H and O–H groups in total. The Hall–Kier alpha value is -2.58. The van der Waals surface area contributed by atoms with Crippen molar-refractivity contribution in [2.45, 2.75) is 50.0 Å². The Balaban J connectivity index is 1.52. The van der Waals surface area contributed by atoms with Crippen molar-refractivity contribution in [1.29, 1.82) is 0 Å². The molecule has 2 aromatic rings. The molecule has 0 aromatic heterocycles. The Morgan fingerprint density at radius 1 is 0.969 bits per heavy atom. The van der Waals surface area contributed by atoms with Gasteiger partial charge < -0.3 is 14.8 Å². The number of rotatable bonds is 9. The smallest absolute Gasteiger partial charge is 0.243 e. The molecule has 32 heavy (non-hydrogen) atoms. The van der Waals surface area contributed by atoms with Gasteiger partial charge in [0.05, 0.1) is 19.1 Å². The highest BCUT2D eigenvalue weighted by Crippen LogP contribution is 2.24. The zero-order valence-electron chi connectivity index (χ0n) is 18.8. The lowest BCUT2D eigenvalue weighted by Gasteiger charge is -2.20. The maximum absolute atomic E-state index is 12.9. The van der Waals surface area contributed by atoms with Crippen LogP contribution in [-0.4, -0.2) is 45.9 Å². The van der Waals surface area contributed by atoms with Crippen molar-refractivity contribution < 1.29 is 22.7 Å². The van der Waals surface area contributed by atoms with E-state index in [1.807, 2.05) is 12.1 Å². The van der Waals surface area contributed by atoms with E-state index in [9.17, 15) is 13.2 Å². The van der Waals surface area contributed by atoms with Crippen LogP contribution < -0.4 is 14.8 Å². The minimum Gasteiger partial charge on any atom is -0.497 e. The van der Waals surface area contributed by atoms with Gasteiger partial charge in [-0.25, -0.2) is 8.42 Å². The molecule has 8 heteroatoms. The molecule has 0 unspecified atom stereocenters. The van der Waals surface area contributed by atoms with E-state index >= 15 is 0 Å². The molecule has 0 bridgehead atoms. The summed E-state index contributed by atoms with van der Waals surface area (Å²) >= 11 is 0. The number of nitrogens with one attached hydrogen (secondary N) is 1. The van der Waals surface area contributed by atoms with E-state index in [1.165, 1.54) is 0 Å². The summed E-state index contributed by atoms with van der Waals surface area (Å²) in [4.78, 5) is 12.6. The average molecular weight is 461 g/mol. The van der Waals surface area contributed by atoms with Crippen molar-refractivity contribution in [3.05, 3.63) is 53.6 Å². The molecule has 174 valence electrons. The van der Waals surface area contributed by atoms with Gasteiger partial charge in [0.2, 0.25) is 15.9 Å². The first-order chi connectivity index (χ1) is 15.4. The van der Waals surface area contributed by atoms with Gasteiger partial charge in [-0.05, 0) is 49.1 Å². The number of ether oxygens (including phenoxy) is 2. The summed E-state index contributed by atoms with van der Waals surface area (Å²) in [6.45, 7) is 1.53. The van der Waals surface area contributed by atoms with E-state index < -0.39 is 10.0 Å². The van der Waals surface area contributed by atoms with E-state index in [0.717, 1.165) is 36.8 Å². The quantitative estimate of drug-likeness (QED) is 0.619. The van der Waals surface area contributed by atoms with Crippen LogP contribution in [-0.2, 0) is 27.8 Å². The fourth-order valence-corrected chi connectivity index (χ4v) is 5.31. The van der Waals surface area contributed by atoms with Gasteiger partial charge >= 0.3 is 0 Å². The van der Waals surface area contributed by atoms with Gasteiger partial charge in [0.1, 0.15) is 11.5 Å². The second kappa shape index (κ2) is 11.3. The number of nitrogens with zero attached hydrogens (tertiary/aromatic N) is 1. The second-order valence-electron chi connectivity index (χ2n) is 7.92. The predicted molar refractivity (Wildman–Crippen MR) is 123 cm³/mol. The van der Waals surface area contributed by atoms with E-state index in [4.69, 9.17) is 9.47 Å². The molecule has 2 aromatic carbocycles. The maximum atomic E-state index is 12.9. The summed E-state index contributed by atoms with van der Waals surface area (Å²) in [5.41, 5.74) is 1.79. The maximum Gasteiger partial charge on any atom is 0.243 e. The first kappa shape index (κ1) is 24.1. The molecule has 1 saturated heterocycles. The minimum atomic E-state index is -3.45. The molecule has 0 spiro atoms. The minimum absolute atomic E-state index is 0.0795. The molecule has 1 aliphatic heterocycles. The zero-order valence-corrected chi connectivity index (χ0v) is 19.6. The van der Waals surface area contributed by atoms with E-state index in [1.54, 1.807) is 48.9 Å². The Bertz CT molecular complexity index is 998. The Labute approximate surface area is 190 Å². The third-order valence-electron chi connectivity index (χ3n) is 5.74. The van der Waals surface area contributed by atoms with Crippen molar-refractivity contribution in [2.24, 2.45) is 0 Å². The van der Waals surface area contributed by atoms with Crippen molar-refractivity contribution in [3.8, 4) is 11.5 Å². The lowest BCUT2D eigenvalue weighted by atomic mass is 10.1. The molecule has 1 aliphatic rings. The van der Waals surface area contributed by atoms with Crippen LogP contribution in [0.2, 0.25) is 0 Å². The first-order valence-electron chi connectivity index (χ1n) is 11.0. The van der Waals surface area contributed by atoms with Crippen LogP contribution in [0.3, 0.4) is 0 Å². The topological polar surface area (TPSA) is 84.9 Å². The molecule has 1 amide bonds. The van der Waals surface area contributed by atoms with Crippen LogP contribution in [0.15, 0.2) is 47.4 Å². The largest absolute Gasteiger partial charge is 0.497 e. The van der Waals surface area contributed by atoms with E-state index in [0.29, 0.717) is 48.9 Å². The van der Waals surface area contributed by atoms with Crippen LogP contribution in [0.25, 0.3) is 0 Å². The average Bonchev–Trinajstić information content (AvgIpc) is 3.12. The molecule has 0 atom stereocenters. The van der Waals surface area contributed by atoms with Crippen molar-refractivity contribution >= 4 is 15.9 Å². The summed E-state index contributed by atoms with van der Waals surface area (Å²) in [7, 11) is -0.281. The molecular weight excluding hydrogens is 428 g/mol. The van der Waals surface area contributed by atoms with Crippen molar-refractivity contribution in [2.75, 3.05) is 27.3 Å². The monoisotopic (exact) mass is 460 g/mol. The summed E-state index contributed by atoms with van der Waals surface area (Å²) in [5.74, 6) is 1.27. The SMILES string of the molecule is COc1ccc(CNC(=O)CCc2ccc(S(=O)(=O)N3CCCCCC3)cc2)c(OC)c1. The Morgan fingerprint density at radius 2 is 1.66 bits per heavy atom. The van der Waals surface area contributed by atoms with Crippen LogP contribution in [0.5, 0.6) is 11.5 Å². The van der Waals surface area contributed by atoms with Gasteiger partial charge in [0.15, 0.2) is 0 Å². The summed E-state index contributed by atoms with van der Waals surface area (Å²) in [6, 6.07) is 12.4. The Morgan fingerprint density at radius 3 is 2.28 bits per heavy atom. The summed E-state index contributed by atoms with van der Waals surface area (Å²) in [6.07, 6.45) is 4.84. The number of hydrogen-bond donors (Lipinski definition) is 1. The number of benzene rings is 2. The number of methoxy groups -OCH3 is 2. The normalized spacial score (nSPS) is 15.1. The Kier molecular flexibility index (Phi) is 8.53. The highest BCUT2D eigenvalue weighted by atomic mass is 32.2. The molecule has 0 radical (unpaired) electrons. The van der Waals surface area contributed by atoms with Gasteiger partial charge in [0.25, 0.3) is 0 Å². The van der Waals surface area contributed by atoms with Gasteiger partial charge in [-0.2, -0.15) is 4.31 Å². The van der Waals surface area contributed by atoms with Gasteiger partial charge in [0, 0.05) is 37.7 Å². The number of aryl methyl sites for hydroxylation is 1. The highest BCUT2D eigenvalue weighted by molar-refractivity contribution is 7.89. The molecule has 3 rings (SSSR count). The van der Waals surface area contributed by atoms with E-state index in [-0.39, 0.29) is 5.91 Å². The number of amides is 1. The van der Waals surface area contributed by atoms with Gasteiger partial charge in [-0.15, -0.1) is 0 Å². The zero-order chi connectivity index (χ0) is 23.0. The van der Waals surface area contributed by atoms with Gasteiger partial charge in [-0.3, -0.25) is 4.79 Å². The van der Waals surface area contributed by atoms with Crippen molar-refractivity contribution in [1.82, 2.24) is 9.62 Å². The van der Waals surface area contributed by atoms with Crippen molar-refractivity contribution in [3.63, 3.8) is 0 Å². The van der Waals surface area contributed by atoms with Gasteiger partial charge in [-0.1, -0.05) is 25.0 Å². The second-order valence-corrected chi connectivity index (χ2v) is 9.85. The number of carbonyl (C=O) groups excluding carboxylic acids is 1. The molecular formula is C24H32N2O5S. The van der Waals surface area contributed by atoms with Crippen LogP contribution in [0.4, 0.5) is 0 Å². The standard InChI is InChI=1S/C24H32N2O5S/c1-30-21-11-10-20(23(17-21)31-2)18-25-24(27)14-9-19-7-12-22(13-8-19)32(28,29)26-15-5-3-4-6-16-26/h7-8,10-13,17H,3-6,9,14-16,18H2,1-2H3,(H,25,27). The van der Waals surface area contributed by atoms with Crippen LogP contribution in [0.1, 0.15) is 43.2 Å². The fraction of sp³-hybridized carbons (Fsp3) is 0.458. The molecule has 1 heterocycles. The summed E-state index contributed by atoms with van der Waals surface area (Å²) < 4.78 is 37.9. The number of carbonyl (C=O) groups is 1. The first-order valence-corrected chi connectivity index (χ1v) is 12.4. The number of hydrogen-bond acceptors (Lipinski definition) is 5. The van der Waals surface area contributed by atoms with Crippen LogP contribution in [0, 0.1) is 0 Å². The lowest BCUT2D eigenvalue weighted by molar-refractivity contribution is -0.121. The molecule has 1 fully saturated rings. The summed E-state index contributed by atoms with van der Waals surface area (Å²) in [5, 5.41) is 2.90. The molecule has 7 nitrogen and oxygen atoms in total. The number of sulfonamides is 1. The van der Waals surface area contributed by atoms with E-state index in [2.05, 4.69) is 5.32 Å². The third kappa shape index (κ3) is 6.23. The van der Waals surface area contributed by atoms with Crippen LogP contribution >= 0.6 is 0 Å². The molecule has 0 aliphatic carbocycles. The lowest BCUT2D eigenvalue weighted by Crippen LogP contribution is -2.31. The fourth-order valence-electron chi connectivity index (χ4n) is 3.80. The predicted octanol–water partition coefficient (Wildman–Crippen LogP) is 3.52. The molecule has 0 saturated carbocycles. The highest BCUT2D eigenvalue weighted by Gasteiger charge is 2.24.